The molecule has 2 heterocycles. The summed E-state index contributed by atoms with van der Waals surface area (Å²) in [5.41, 5.74) is 16.2. The summed E-state index contributed by atoms with van der Waals surface area (Å²) in [6.07, 6.45) is 0. The number of rotatable bonds is 8. The second kappa shape index (κ2) is 15.5. The number of nitrogens with zero attached hydrogens (tertiary/aromatic N) is 2. The van der Waals surface area contributed by atoms with Crippen LogP contribution in [0.25, 0.3) is 92.2 Å². The van der Waals surface area contributed by atoms with Gasteiger partial charge in [-0.25, -0.2) is 0 Å². The summed E-state index contributed by atoms with van der Waals surface area (Å²) in [4.78, 5) is 2.47. The van der Waals surface area contributed by atoms with Crippen LogP contribution < -0.4 is 4.90 Å². The zero-order chi connectivity index (χ0) is 41.7. The van der Waals surface area contributed by atoms with Crippen LogP contribution >= 0.6 is 11.3 Å². The monoisotopic (exact) mass is 820 g/mol. The van der Waals surface area contributed by atoms with Gasteiger partial charge in [0, 0.05) is 42.2 Å². The minimum Gasteiger partial charge on any atom is -0.308 e. The molecule has 12 rings (SSSR count). The Kier molecular flexibility index (Phi) is 9.06. The van der Waals surface area contributed by atoms with Crippen LogP contribution in [0.3, 0.4) is 0 Å². The molecular formula is C60H40N2S. The fourth-order valence-electron chi connectivity index (χ4n) is 9.58. The van der Waals surface area contributed by atoms with Crippen molar-refractivity contribution in [3.8, 4) is 50.2 Å². The van der Waals surface area contributed by atoms with Crippen LogP contribution in [-0.2, 0) is 0 Å². The van der Waals surface area contributed by atoms with Gasteiger partial charge in [0.25, 0.3) is 0 Å². The summed E-state index contributed by atoms with van der Waals surface area (Å²) in [5, 5.41) is 5.09. The Morgan fingerprint density at radius 3 is 1.51 bits per heavy atom. The van der Waals surface area contributed by atoms with Gasteiger partial charge in [-0.3, -0.25) is 0 Å². The van der Waals surface area contributed by atoms with Gasteiger partial charge in [-0.15, -0.1) is 11.3 Å². The van der Waals surface area contributed by atoms with Crippen LogP contribution in [0, 0.1) is 0 Å². The Labute approximate surface area is 370 Å². The van der Waals surface area contributed by atoms with Gasteiger partial charge in [0.1, 0.15) is 0 Å². The number of aromatic nitrogens is 1. The summed E-state index contributed by atoms with van der Waals surface area (Å²) < 4.78 is 5.07. The molecule has 0 aliphatic carbocycles. The van der Waals surface area contributed by atoms with Crippen LogP contribution in [0.2, 0.25) is 0 Å². The lowest BCUT2D eigenvalue weighted by Crippen LogP contribution is -2.14. The van der Waals surface area contributed by atoms with Crippen molar-refractivity contribution in [2.24, 2.45) is 0 Å². The molecule has 12 aromatic rings. The van der Waals surface area contributed by atoms with Crippen LogP contribution in [0.5, 0.6) is 0 Å². The molecule has 296 valence electrons. The highest BCUT2D eigenvalue weighted by molar-refractivity contribution is 7.25. The molecule has 0 saturated heterocycles. The van der Waals surface area contributed by atoms with E-state index in [1.54, 1.807) is 0 Å². The van der Waals surface area contributed by atoms with Gasteiger partial charge < -0.3 is 9.47 Å². The molecule has 0 aliphatic heterocycles. The van der Waals surface area contributed by atoms with E-state index in [4.69, 9.17) is 0 Å². The van der Waals surface area contributed by atoms with Crippen molar-refractivity contribution < 1.29 is 0 Å². The SMILES string of the molecule is c1ccc(-c2ccccc2-c2ccccc2-c2ccccc2N(c2ccc(-c3ccc4sc5ccccc5c4c3)cc2)c2ccccc2-n2c3ccccc3c3ccccc32)cc1. The van der Waals surface area contributed by atoms with Crippen LogP contribution in [0.15, 0.2) is 243 Å². The lowest BCUT2D eigenvalue weighted by Gasteiger charge is -2.31. The predicted octanol–water partition coefficient (Wildman–Crippen LogP) is 17.3. The van der Waals surface area contributed by atoms with E-state index in [0.717, 1.165) is 28.3 Å². The Bertz CT molecular complexity index is 3580. The van der Waals surface area contributed by atoms with Crippen LogP contribution in [-0.4, -0.2) is 4.57 Å². The number of para-hydroxylation sites is 5. The van der Waals surface area contributed by atoms with Crippen molar-refractivity contribution in [3.63, 3.8) is 0 Å². The van der Waals surface area contributed by atoms with Gasteiger partial charge in [-0.1, -0.05) is 182 Å². The Balaban J connectivity index is 1.07. The Morgan fingerprint density at radius 1 is 0.302 bits per heavy atom. The van der Waals surface area contributed by atoms with E-state index < -0.39 is 0 Å². The van der Waals surface area contributed by atoms with Crippen molar-refractivity contribution in [2.75, 3.05) is 4.90 Å². The average molecular weight is 821 g/mol. The molecule has 63 heavy (non-hydrogen) atoms. The van der Waals surface area contributed by atoms with Crippen LogP contribution in [0.4, 0.5) is 17.1 Å². The molecule has 2 aromatic heterocycles. The normalized spacial score (nSPS) is 11.5. The third-order valence-electron chi connectivity index (χ3n) is 12.4. The number of hydrogen-bond acceptors (Lipinski definition) is 2. The van der Waals surface area contributed by atoms with E-state index in [9.17, 15) is 0 Å². The van der Waals surface area contributed by atoms with E-state index >= 15 is 0 Å². The average Bonchev–Trinajstić information content (AvgIpc) is 3.90. The summed E-state index contributed by atoms with van der Waals surface area (Å²) in [7, 11) is 0. The quantitative estimate of drug-likeness (QED) is 0.148. The van der Waals surface area contributed by atoms with E-state index in [1.807, 2.05) is 11.3 Å². The largest absolute Gasteiger partial charge is 0.308 e. The van der Waals surface area contributed by atoms with Crippen molar-refractivity contribution in [3.05, 3.63) is 243 Å². The van der Waals surface area contributed by atoms with Crippen molar-refractivity contribution in [1.82, 2.24) is 4.57 Å². The van der Waals surface area contributed by atoms with Crippen molar-refractivity contribution >= 4 is 70.4 Å². The zero-order valence-electron chi connectivity index (χ0n) is 34.4. The molecule has 0 unspecified atom stereocenters. The highest BCUT2D eigenvalue weighted by atomic mass is 32.1. The molecule has 0 amide bonds. The van der Waals surface area contributed by atoms with Crippen molar-refractivity contribution in [1.29, 1.82) is 0 Å². The summed E-state index contributed by atoms with van der Waals surface area (Å²) >= 11 is 1.86. The maximum Gasteiger partial charge on any atom is 0.0702 e. The van der Waals surface area contributed by atoms with Crippen LogP contribution in [0.1, 0.15) is 0 Å². The highest BCUT2D eigenvalue weighted by Crippen LogP contribution is 2.48. The summed E-state index contributed by atoms with van der Waals surface area (Å²) in [6, 6.07) is 88.5. The lowest BCUT2D eigenvalue weighted by atomic mass is 9.88. The van der Waals surface area contributed by atoms with Gasteiger partial charge in [-0.05, 0) is 99.6 Å². The first-order valence-corrected chi connectivity index (χ1v) is 22.3. The number of hydrogen-bond donors (Lipinski definition) is 0. The minimum absolute atomic E-state index is 1.07. The molecule has 3 heteroatoms. The number of thiophene rings is 1. The lowest BCUT2D eigenvalue weighted by molar-refractivity contribution is 1.15. The van der Waals surface area contributed by atoms with E-state index in [2.05, 4.69) is 252 Å². The second-order valence-corrected chi connectivity index (χ2v) is 17.1. The van der Waals surface area contributed by atoms with Gasteiger partial charge in [-0.2, -0.15) is 0 Å². The molecule has 0 aliphatic rings. The minimum atomic E-state index is 1.07. The van der Waals surface area contributed by atoms with E-state index in [0.29, 0.717) is 0 Å². The Hall–Kier alpha value is -7.98. The summed E-state index contributed by atoms with van der Waals surface area (Å²) in [6.45, 7) is 0. The first kappa shape index (κ1) is 36.8. The second-order valence-electron chi connectivity index (χ2n) is 16.0. The maximum absolute atomic E-state index is 2.47. The van der Waals surface area contributed by atoms with E-state index in [1.165, 1.54) is 80.9 Å². The van der Waals surface area contributed by atoms with Gasteiger partial charge >= 0.3 is 0 Å². The third kappa shape index (κ3) is 6.33. The van der Waals surface area contributed by atoms with E-state index in [-0.39, 0.29) is 0 Å². The molecule has 0 fully saturated rings. The fraction of sp³-hybridized carbons (Fsp3) is 0. The third-order valence-corrected chi connectivity index (χ3v) is 13.6. The number of benzene rings is 10. The molecule has 0 N–H and O–H groups in total. The molecule has 0 spiro atoms. The molecule has 2 nitrogen and oxygen atoms in total. The molecule has 0 saturated carbocycles. The van der Waals surface area contributed by atoms with Gasteiger partial charge in [0.05, 0.1) is 28.1 Å². The zero-order valence-corrected chi connectivity index (χ0v) is 35.2. The smallest absolute Gasteiger partial charge is 0.0702 e. The Morgan fingerprint density at radius 2 is 0.794 bits per heavy atom. The van der Waals surface area contributed by atoms with Gasteiger partial charge in [0.15, 0.2) is 0 Å². The molecule has 0 atom stereocenters. The summed E-state index contributed by atoms with van der Waals surface area (Å²) in [5.74, 6) is 0. The highest BCUT2D eigenvalue weighted by Gasteiger charge is 2.24. The number of anilines is 3. The fourth-order valence-corrected chi connectivity index (χ4v) is 10.7. The predicted molar refractivity (Wildman–Crippen MR) is 270 cm³/mol. The number of fused-ring (bicyclic) bond motifs is 6. The first-order chi connectivity index (χ1) is 31.3. The maximum atomic E-state index is 2.47. The first-order valence-electron chi connectivity index (χ1n) is 21.5. The molecular weight excluding hydrogens is 781 g/mol. The van der Waals surface area contributed by atoms with Gasteiger partial charge in [0.2, 0.25) is 0 Å². The molecule has 10 aromatic carbocycles. The standard InChI is InChI=1S/C60H40N2S/c1-2-18-42(19-3-1)45-20-4-5-21-46(45)47-22-6-7-23-48(47)49-24-8-12-28-54(49)61(44-37-34-41(35-38-44)43-36-39-60-53(40-43)52-27-11-17-33-59(52)63-60)57-31-15-16-32-58(57)62-55-29-13-9-25-50(55)51-26-10-14-30-56(51)62/h1-40H. The molecule has 0 bridgehead atoms. The molecule has 0 radical (unpaired) electrons. The van der Waals surface area contributed by atoms with Crippen molar-refractivity contribution in [2.45, 2.75) is 0 Å². The topological polar surface area (TPSA) is 8.17 Å².